The van der Waals surface area contributed by atoms with Crippen molar-refractivity contribution in [1.82, 2.24) is 0 Å². The quantitative estimate of drug-likeness (QED) is 0.831. The minimum atomic E-state index is -0.0683. The molecule has 3 heteroatoms. The summed E-state index contributed by atoms with van der Waals surface area (Å²) in [6, 6.07) is 1.44. The molecule has 0 aliphatic heterocycles. The van der Waals surface area contributed by atoms with Gasteiger partial charge in [-0.2, -0.15) is 0 Å². The van der Waals surface area contributed by atoms with E-state index >= 15 is 0 Å². The van der Waals surface area contributed by atoms with Gasteiger partial charge in [0.05, 0.1) is 11.8 Å². The normalized spacial score (nSPS) is 11.0. The molecule has 0 saturated carbocycles. The van der Waals surface area contributed by atoms with Crippen LogP contribution in [0.3, 0.4) is 0 Å². The highest BCUT2D eigenvalue weighted by molar-refractivity contribution is 5.86. The van der Waals surface area contributed by atoms with Crippen molar-refractivity contribution in [3.8, 4) is 0 Å². The van der Waals surface area contributed by atoms with Gasteiger partial charge in [0.2, 0.25) is 0 Å². The van der Waals surface area contributed by atoms with Gasteiger partial charge in [0, 0.05) is 6.07 Å². The van der Waals surface area contributed by atoms with E-state index in [0.29, 0.717) is 16.7 Å². The van der Waals surface area contributed by atoms with Crippen LogP contribution in [0.25, 0.3) is 11.0 Å². The van der Waals surface area contributed by atoms with E-state index in [0.717, 1.165) is 22.3 Å². The van der Waals surface area contributed by atoms with E-state index in [1.165, 1.54) is 13.0 Å². The predicted octanol–water partition coefficient (Wildman–Crippen LogP) is 3.16. The third-order valence-corrected chi connectivity index (χ3v) is 3.82. The Labute approximate surface area is 112 Å². The monoisotopic (exact) mass is 258 g/mol. The summed E-state index contributed by atoms with van der Waals surface area (Å²) in [6.07, 6.45) is 0.163. The zero-order chi connectivity index (χ0) is 14.3. The van der Waals surface area contributed by atoms with Crippen molar-refractivity contribution in [2.45, 2.75) is 41.0 Å². The molecular formula is C16H18O3. The molecular weight excluding hydrogens is 240 g/mol. The zero-order valence-corrected chi connectivity index (χ0v) is 12.0. The average Bonchev–Trinajstić information content (AvgIpc) is 2.32. The van der Waals surface area contributed by atoms with Gasteiger partial charge in [-0.1, -0.05) is 0 Å². The van der Waals surface area contributed by atoms with Crippen LogP contribution in [-0.2, 0) is 11.2 Å². The van der Waals surface area contributed by atoms with Gasteiger partial charge in [0.1, 0.15) is 17.1 Å². The Bertz CT molecular complexity index is 736. The first-order valence-corrected chi connectivity index (χ1v) is 6.35. The number of aryl methyl sites for hydroxylation is 2. The second-order valence-electron chi connectivity index (χ2n) is 5.16. The van der Waals surface area contributed by atoms with Crippen LogP contribution in [0.1, 0.15) is 34.9 Å². The number of carbonyl (C=O) groups is 1. The second kappa shape index (κ2) is 4.65. The van der Waals surface area contributed by atoms with Crippen LogP contribution in [0.2, 0.25) is 0 Å². The molecule has 0 aliphatic carbocycles. The Hall–Kier alpha value is -1.90. The molecule has 0 bridgehead atoms. The Kier molecular flexibility index (Phi) is 3.31. The number of hydrogen-bond donors (Lipinski definition) is 0. The molecule has 0 aliphatic rings. The molecule has 0 unspecified atom stereocenters. The van der Waals surface area contributed by atoms with Crippen LogP contribution in [0, 0.1) is 27.7 Å². The van der Waals surface area contributed by atoms with Gasteiger partial charge in [-0.05, 0) is 56.9 Å². The van der Waals surface area contributed by atoms with Crippen molar-refractivity contribution in [3.05, 3.63) is 44.3 Å². The van der Waals surface area contributed by atoms with Gasteiger partial charge >= 0.3 is 0 Å². The summed E-state index contributed by atoms with van der Waals surface area (Å²) in [5, 5.41) is 0.632. The van der Waals surface area contributed by atoms with E-state index < -0.39 is 0 Å². The maximum Gasteiger partial charge on any atom is 0.193 e. The molecule has 100 valence electrons. The summed E-state index contributed by atoms with van der Waals surface area (Å²) in [4.78, 5) is 23.4. The first kappa shape index (κ1) is 13.5. The minimum Gasteiger partial charge on any atom is -0.460 e. The van der Waals surface area contributed by atoms with Crippen molar-refractivity contribution >= 4 is 16.8 Å². The maximum atomic E-state index is 12.2. The average molecular weight is 258 g/mol. The maximum absolute atomic E-state index is 12.2. The molecule has 19 heavy (non-hydrogen) atoms. The van der Waals surface area contributed by atoms with Crippen LogP contribution in [0.4, 0.5) is 0 Å². The molecule has 0 atom stereocenters. The van der Waals surface area contributed by atoms with E-state index in [1.54, 1.807) is 0 Å². The summed E-state index contributed by atoms with van der Waals surface area (Å²) < 4.78 is 5.78. The molecule has 1 aromatic heterocycles. The van der Waals surface area contributed by atoms with Gasteiger partial charge in [-0.25, -0.2) is 0 Å². The van der Waals surface area contributed by atoms with Gasteiger partial charge in [0.15, 0.2) is 5.43 Å². The van der Waals surface area contributed by atoms with Crippen LogP contribution in [0.15, 0.2) is 15.3 Å². The van der Waals surface area contributed by atoms with Crippen molar-refractivity contribution in [2.75, 3.05) is 0 Å². The Morgan fingerprint density at radius 3 is 2.21 bits per heavy atom. The smallest absolute Gasteiger partial charge is 0.193 e. The molecule has 2 aromatic rings. The third-order valence-electron chi connectivity index (χ3n) is 3.82. The number of carbonyl (C=O) groups excluding carboxylic acids is 1. The van der Waals surface area contributed by atoms with Gasteiger partial charge < -0.3 is 4.42 Å². The summed E-state index contributed by atoms with van der Waals surface area (Å²) >= 11 is 0. The predicted molar refractivity (Wildman–Crippen MR) is 75.8 cm³/mol. The Morgan fingerprint density at radius 1 is 1.05 bits per heavy atom. The molecule has 0 radical (unpaired) electrons. The number of benzene rings is 1. The number of ketones is 1. The number of fused-ring (bicyclic) bond motifs is 1. The highest BCUT2D eigenvalue weighted by Gasteiger charge is 2.15. The molecule has 0 spiro atoms. The van der Waals surface area contributed by atoms with Gasteiger partial charge in [-0.15, -0.1) is 0 Å². The first-order chi connectivity index (χ1) is 8.82. The molecule has 0 N–H and O–H groups in total. The van der Waals surface area contributed by atoms with Crippen LogP contribution < -0.4 is 5.43 Å². The topological polar surface area (TPSA) is 47.3 Å². The SMILES string of the molecule is CC(=O)Cc1cc(=O)c2c(C)c(C)c(C)c(C)c2o1. The largest absolute Gasteiger partial charge is 0.460 e. The van der Waals surface area contributed by atoms with Crippen molar-refractivity contribution in [1.29, 1.82) is 0 Å². The lowest BCUT2D eigenvalue weighted by Gasteiger charge is -2.13. The molecule has 1 aromatic carbocycles. The third kappa shape index (κ3) is 2.21. The standard InChI is InChI=1S/C16H18O3/c1-8(17)6-13-7-14(18)15-11(4)9(2)10(3)12(5)16(15)19-13/h7H,6H2,1-5H3. The Morgan fingerprint density at radius 2 is 1.63 bits per heavy atom. The molecule has 3 nitrogen and oxygen atoms in total. The summed E-state index contributed by atoms with van der Waals surface area (Å²) in [7, 11) is 0. The fraction of sp³-hybridized carbons (Fsp3) is 0.375. The fourth-order valence-corrected chi connectivity index (χ4v) is 2.41. The van der Waals surface area contributed by atoms with Crippen LogP contribution in [0.5, 0.6) is 0 Å². The van der Waals surface area contributed by atoms with E-state index in [4.69, 9.17) is 4.42 Å². The van der Waals surface area contributed by atoms with E-state index in [1.807, 2.05) is 27.7 Å². The van der Waals surface area contributed by atoms with Gasteiger partial charge in [-0.3, -0.25) is 9.59 Å². The summed E-state index contributed by atoms with van der Waals surface area (Å²) in [6.45, 7) is 9.41. The molecule has 0 saturated heterocycles. The zero-order valence-electron chi connectivity index (χ0n) is 12.0. The van der Waals surface area contributed by atoms with Gasteiger partial charge in [0.25, 0.3) is 0 Å². The molecule has 1 heterocycles. The highest BCUT2D eigenvalue weighted by Crippen LogP contribution is 2.27. The van der Waals surface area contributed by atoms with E-state index in [2.05, 4.69) is 0 Å². The summed E-state index contributed by atoms with van der Waals surface area (Å²) in [5.74, 6) is 0.427. The first-order valence-electron chi connectivity index (χ1n) is 6.35. The molecule has 2 rings (SSSR count). The number of hydrogen-bond acceptors (Lipinski definition) is 3. The summed E-state index contributed by atoms with van der Waals surface area (Å²) in [5.41, 5.74) is 4.73. The molecule has 0 fully saturated rings. The van der Waals surface area contributed by atoms with E-state index in [-0.39, 0.29) is 17.6 Å². The number of rotatable bonds is 2. The van der Waals surface area contributed by atoms with Crippen molar-refractivity contribution in [3.63, 3.8) is 0 Å². The fourth-order valence-electron chi connectivity index (χ4n) is 2.41. The van der Waals surface area contributed by atoms with Crippen LogP contribution >= 0.6 is 0 Å². The Balaban J connectivity index is 2.89. The second-order valence-corrected chi connectivity index (χ2v) is 5.16. The van der Waals surface area contributed by atoms with Crippen molar-refractivity contribution < 1.29 is 9.21 Å². The van der Waals surface area contributed by atoms with Crippen molar-refractivity contribution in [2.24, 2.45) is 0 Å². The van der Waals surface area contributed by atoms with Crippen LogP contribution in [-0.4, -0.2) is 5.78 Å². The minimum absolute atomic E-state index is 0.0132. The lowest BCUT2D eigenvalue weighted by atomic mass is 9.95. The van der Waals surface area contributed by atoms with E-state index in [9.17, 15) is 9.59 Å². The lowest BCUT2D eigenvalue weighted by molar-refractivity contribution is -0.116. The number of Topliss-reactive ketones (excluding diaryl/α,β-unsaturated/α-hetero) is 1. The molecule has 0 amide bonds. The highest BCUT2D eigenvalue weighted by atomic mass is 16.3. The lowest BCUT2D eigenvalue weighted by Crippen LogP contribution is -2.09.